The van der Waals surface area contributed by atoms with Crippen molar-refractivity contribution in [2.24, 2.45) is 0 Å². The number of nitrogens with zero attached hydrogens (tertiary/aromatic N) is 2. The lowest BCUT2D eigenvalue weighted by Crippen LogP contribution is -2.35. The van der Waals surface area contributed by atoms with Gasteiger partial charge in [0.1, 0.15) is 0 Å². The summed E-state index contributed by atoms with van der Waals surface area (Å²) in [6.07, 6.45) is 0. The SMILES string of the molecule is CC1(C)c2ccccc2-c2ccc(N(c3ccc(-c4ccccc4)cc3)c3ccc4c(c3)c3cc(-c5ccccc5)cc5c3n4-c3ccccc3C5(c3ccccc3)c3ccccc3)cc21. The average Bonchev–Trinajstić information content (AvgIpc) is 3.83. The van der Waals surface area contributed by atoms with Crippen molar-refractivity contribution in [2.75, 3.05) is 4.90 Å². The second kappa shape index (κ2) is 14.7. The summed E-state index contributed by atoms with van der Waals surface area (Å²) < 4.78 is 2.55. The van der Waals surface area contributed by atoms with E-state index in [4.69, 9.17) is 0 Å². The summed E-state index contributed by atoms with van der Waals surface area (Å²) in [5.74, 6) is 0. The first kappa shape index (κ1) is 38.3. The van der Waals surface area contributed by atoms with Crippen LogP contribution in [0.25, 0.3) is 60.9 Å². The van der Waals surface area contributed by atoms with Crippen LogP contribution in [-0.4, -0.2) is 4.57 Å². The zero-order valence-electron chi connectivity index (χ0n) is 37.0. The van der Waals surface area contributed by atoms with E-state index in [1.54, 1.807) is 0 Å². The fraction of sp³-hybridized carbons (Fsp3) is 0.0625. The second-order valence-electron chi connectivity index (χ2n) is 18.5. The minimum atomic E-state index is -0.587. The topological polar surface area (TPSA) is 8.17 Å². The largest absolute Gasteiger partial charge is 0.310 e. The molecule has 2 nitrogen and oxygen atoms in total. The van der Waals surface area contributed by atoms with Crippen molar-refractivity contribution < 1.29 is 0 Å². The van der Waals surface area contributed by atoms with Crippen LogP contribution < -0.4 is 4.90 Å². The zero-order chi connectivity index (χ0) is 44.0. The van der Waals surface area contributed by atoms with Crippen molar-refractivity contribution in [3.05, 3.63) is 276 Å². The number of anilines is 3. The van der Waals surface area contributed by atoms with Crippen LogP contribution in [0.1, 0.15) is 47.2 Å². The average molecular weight is 843 g/mol. The van der Waals surface area contributed by atoms with Gasteiger partial charge >= 0.3 is 0 Å². The number of fused-ring (bicyclic) bond motifs is 8. The molecule has 13 rings (SSSR count). The number of benzene rings is 10. The predicted octanol–water partition coefficient (Wildman–Crippen LogP) is 16.6. The Kier molecular flexibility index (Phi) is 8.51. The molecular weight excluding hydrogens is 797 g/mol. The van der Waals surface area contributed by atoms with Crippen molar-refractivity contribution >= 4 is 38.9 Å². The molecule has 0 spiro atoms. The summed E-state index contributed by atoms with van der Waals surface area (Å²) in [7, 11) is 0. The van der Waals surface area contributed by atoms with Crippen molar-refractivity contribution in [3.8, 4) is 39.1 Å². The Labute approximate surface area is 386 Å². The van der Waals surface area contributed by atoms with Crippen LogP contribution in [0.2, 0.25) is 0 Å². The van der Waals surface area contributed by atoms with Gasteiger partial charge in [0, 0.05) is 33.2 Å². The van der Waals surface area contributed by atoms with Crippen molar-refractivity contribution in [2.45, 2.75) is 24.7 Å². The quantitative estimate of drug-likeness (QED) is 0.155. The molecule has 1 aromatic heterocycles. The van der Waals surface area contributed by atoms with E-state index in [9.17, 15) is 0 Å². The molecule has 312 valence electrons. The Morgan fingerprint density at radius 1 is 0.348 bits per heavy atom. The Balaban J connectivity index is 1.10. The van der Waals surface area contributed by atoms with E-state index >= 15 is 0 Å². The summed E-state index contributed by atoms with van der Waals surface area (Å²) in [6.45, 7) is 4.74. The molecule has 1 aliphatic carbocycles. The van der Waals surface area contributed by atoms with Crippen LogP contribution in [0.5, 0.6) is 0 Å². The molecule has 0 N–H and O–H groups in total. The second-order valence-corrected chi connectivity index (χ2v) is 18.5. The molecule has 1 aliphatic heterocycles. The van der Waals surface area contributed by atoms with E-state index in [1.807, 2.05) is 0 Å². The van der Waals surface area contributed by atoms with Gasteiger partial charge in [-0.05, 0) is 127 Å². The van der Waals surface area contributed by atoms with Gasteiger partial charge in [0.05, 0.1) is 22.1 Å². The third kappa shape index (κ3) is 5.55. The maximum absolute atomic E-state index is 2.55. The van der Waals surface area contributed by atoms with Crippen LogP contribution >= 0.6 is 0 Å². The van der Waals surface area contributed by atoms with Crippen molar-refractivity contribution in [1.82, 2.24) is 4.57 Å². The number of hydrogen-bond donors (Lipinski definition) is 0. The molecule has 0 radical (unpaired) electrons. The van der Waals surface area contributed by atoms with Gasteiger partial charge in [-0.1, -0.05) is 196 Å². The van der Waals surface area contributed by atoms with Crippen molar-refractivity contribution in [1.29, 1.82) is 0 Å². The zero-order valence-corrected chi connectivity index (χ0v) is 37.0. The monoisotopic (exact) mass is 842 g/mol. The maximum atomic E-state index is 2.55. The van der Waals surface area contributed by atoms with Crippen LogP contribution in [-0.2, 0) is 10.8 Å². The molecule has 0 saturated carbocycles. The van der Waals surface area contributed by atoms with Gasteiger partial charge in [-0.15, -0.1) is 0 Å². The van der Waals surface area contributed by atoms with Crippen LogP contribution in [0.15, 0.2) is 243 Å². The first-order valence-corrected chi connectivity index (χ1v) is 23.1. The molecule has 2 heterocycles. The van der Waals surface area contributed by atoms with E-state index in [2.05, 4.69) is 266 Å². The Hall–Kier alpha value is -8.20. The lowest BCUT2D eigenvalue weighted by molar-refractivity contribution is 0.660. The van der Waals surface area contributed by atoms with Gasteiger partial charge in [0.15, 0.2) is 0 Å². The summed E-state index contributed by atoms with van der Waals surface area (Å²) in [4.78, 5) is 2.46. The van der Waals surface area contributed by atoms with Gasteiger partial charge < -0.3 is 9.47 Å². The van der Waals surface area contributed by atoms with Crippen LogP contribution in [0.3, 0.4) is 0 Å². The first-order chi connectivity index (χ1) is 32.5. The minimum Gasteiger partial charge on any atom is -0.310 e. The van der Waals surface area contributed by atoms with Gasteiger partial charge in [0.25, 0.3) is 0 Å². The van der Waals surface area contributed by atoms with E-state index in [0.717, 1.165) is 17.1 Å². The molecule has 0 bridgehead atoms. The summed E-state index contributed by atoms with van der Waals surface area (Å²) >= 11 is 0. The Bertz CT molecular complexity index is 3600. The standard InChI is InChI=1S/C64H46N2/c1-63(2)56-28-16-15-27-52(56)53-37-35-51(42-58(53)63)65(49-33-31-45(32-34-49)43-19-7-3-8-20-43)50-36-38-60-54(41-50)55-39-46(44-21-9-4-10-22-44)40-59-62(55)66(60)61-30-18-17-29-57(61)64(59,47-23-11-5-12-24-47)48-25-13-6-14-26-48/h3-42H,1-2H3. The van der Waals surface area contributed by atoms with Crippen molar-refractivity contribution in [3.63, 3.8) is 0 Å². The molecule has 11 aromatic rings. The molecular formula is C64H46N2. The smallest absolute Gasteiger partial charge is 0.0742 e. The molecule has 66 heavy (non-hydrogen) atoms. The highest BCUT2D eigenvalue weighted by atomic mass is 15.1. The minimum absolute atomic E-state index is 0.140. The van der Waals surface area contributed by atoms with Gasteiger partial charge in [-0.2, -0.15) is 0 Å². The fourth-order valence-corrected chi connectivity index (χ4v) is 11.6. The number of rotatable bonds is 7. The predicted molar refractivity (Wildman–Crippen MR) is 276 cm³/mol. The maximum Gasteiger partial charge on any atom is 0.0742 e. The molecule has 0 saturated heterocycles. The third-order valence-corrected chi connectivity index (χ3v) is 14.6. The van der Waals surface area contributed by atoms with E-state index in [-0.39, 0.29) is 5.41 Å². The highest BCUT2D eigenvalue weighted by Crippen LogP contribution is 2.56. The molecule has 2 aliphatic rings. The van der Waals surface area contributed by atoms with Crippen LogP contribution in [0.4, 0.5) is 17.1 Å². The first-order valence-electron chi connectivity index (χ1n) is 23.1. The molecule has 0 unspecified atom stereocenters. The highest BCUT2D eigenvalue weighted by molar-refractivity contribution is 6.14. The molecule has 10 aromatic carbocycles. The number of para-hydroxylation sites is 1. The van der Waals surface area contributed by atoms with Crippen LogP contribution in [0, 0.1) is 0 Å². The van der Waals surface area contributed by atoms with E-state index < -0.39 is 5.41 Å². The summed E-state index contributed by atoms with van der Waals surface area (Å²) in [6, 6.07) is 90.2. The summed E-state index contributed by atoms with van der Waals surface area (Å²) in [5.41, 5.74) is 21.5. The molecule has 2 heteroatoms. The number of aromatic nitrogens is 1. The fourth-order valence-electron chi connectivity index (χ4n) is 11.6. The third-order valence-electron chi connectivity index (χ3n) is 14.6. The van der Waals surface area contributed by atoms with Gasteiger partial charge in [-0.25, -0.2) is 0 Å². The summed E-state index contributed by atoms with van der Waals surface area (Å²) in [5, 5.41) is 2.45. The van der Waals surface area contributed by atoms with E-state index in [1.165, 1.54) is 94.3 Å². The molecule has 0 amide bonds. The Morgan fingerprint density at radius 3 is 1.55 bits per heavy atom. The molecule has 0 atom stereocenters. The highest BCUT2D eigenvalue weighted by Gasteiger charge is 2.45. The van der Waals surface area contributed by atoms with E-state index in [0.29, 0.717) is 0 Å². The lowest BCUT2D eigenvalue weighted by Gasteiger charge is -2.42. The normalized spacial score (nSPS) is 13.8. The number of hydrogen-bond acceptors (Lipinski definition) is 1. The Morgan fingerprint density at radius 2 is 0.864 bits per heavy atom. The van der Waals surface area contributed by atoms with Gasteiger partial charge in [0.2, 0.25) is 0 Å². The van der Waals surface area contributed by atoms with Gasteiger partial charge in [-0.3, -0.25) is 0 Å². The molecule has 0 fully saturated rings. The lowest BCUT2D eigenvalue weighted by atomic mass is 9.63.